The number of azo groups is 1. The third-order valence-electron chi connectivity index (χ3n) is 6.19. The van der Waals surface area contributed by atoms with Crippen LogP contribution in [0.5, 0.6) is 5.75 Å². The van der Waals surface area contributed by atoms with E-state index in [2.05, 4.69) is 19.7 Å². The molecule has 0 fully saturated rings. The van der Waals surface area contributed by atoms with Crippen LogP contribution in [0.1, 0.15) is 18.9 Å². The van der Waals surface area contributed by atoms with Crippen LogP contribution in [-0.2, 0) is 20.0 Å². The van der Waals surface area contributed by atoms with Gasteiger partial charge in [-0.2, -0.15) is 10.2 Å². The van der Waals surface area contributed by atoms with Crippen molar-refractivity contribution in [1.82, 2.24) is 0 Å². The zero-order valence-electron chi connectivity index (χ0n) is 24.6. The van der Waals surface area contributed by atoms with Gasteiger partial charge in [0.2, 0.25) is 0 Å². The van der Waals surface area contributed by atoms with Gasteiger partial charge < -0.3 is 19.3 Å². The number of aliphatic hydroxyl groups is 1. The molecule has 4 rings (SSSR count). The number of nitrogens with zero attached hydrogens (tertiary/aromatic N) is 4. The van der Waals surface area contributed by atoms with Crippen molar-refractivity contribution in [1.29, 1.82) is 0 Å². The van der Waals surface area contributed by atoms with Gasteiger partial charge in [0.1, 0.15) is 38.1 Å². The van der Waals surface area contributed by atoms with Crippen molar-refractivity contribution in [3.05, 3.63) is 111 Å². The molecule has 45 heavy (non-hydrogen) atoms. The van der Waals surface area contributed by atoms with E-state index < -0.39 is 41.7 Å². The summed E-state index contributed by atoms with van der Waals surface area (Å²) in [5.74, 6) is 0.637. The molecular weight excluding hydrogens is 617 g/mol. The molecule has 0 aromatic heterocycles. The van der Waals surface area contributed by atoms with E-state index in [4.69, 9.17) is 4.74 Å². The van der Waals surface area contributed by atoms with Crippen LogP contribution in [0.2, 0.25) is 0 Å². The minimum atomic E-state index is -4.79. The Morgan fingerprint density at radius 1 is 0.889 bits per heavy atom. The van der Waals surface area contributed by atoms with E-state index in [1.54, 1.807) is 48.5 Å². The molecule has 0 aliphatic carbocycles. The third kappa shape index (κ3) is 9.44. The van der Waals surface area contributed by atoms with E-state index in [1.165, 1.54) is 24.3 Å². The Morgan fingerprint density at radius 3 is 2.13 bits per heavy atom. The molecule has 4 aromatic rings. The number of benzene rings is 4. The number of aliphatic hydroxyl groups excluding tert-OH is 1. The Labute approximate surface area is 272 Å². The quantitative estimate of drug-likeness (QED) is 0.0945. The fourth-order valence-electron chi connectivity index (χ4n) is 3.78. The van der Waals surface area contributed by atoms with Crippen LogP contribution in [0.15, 0.2) is 111 Å². The van der Waals surface area contributed by atoms with Gasteiger partial charge >= 0.3 is 18.9 Å². The molecule has 0 amide bonds. The first-order valence-corrected chi connectivity index (χ1v) is 16.0. The van der Waals surface area contributed by atoms with Crippen molar-refractivity contribution in [3.8, 4) is 5.75 Å². The molecule has 0 aliphatic rings. The summed E-state index contributed by atoms with van der Waals surface area (Å²) in [5.41, 5.74) is 1.72. The zero-order chi connectivity index (χ0) is 31.9. The van der Waals surface area contributed by atoms with Gasteiger partial charge in [-0.25, -0.2) is 16.8 Å². The number of sulfonamides is 2. The summed E-state index contributed by atoms with van der Waals surface area (Å²) < 4.78 is 59.1. The monoisotopic (exact) mass is 645 g/mol. The smallest absolute Gasteiger partial charge is 0.491 e. The third-order valence-corrected chi connectivity index (χ3v) is 9.48. The van der Waals surface area contributed by atoms with Crippen molar-refractivity contribution < 1.29 is 50.5 Å². The van der Waals surface area contributed by atoms with Gasteiger partial charge in [-0.3, -0.25) is 10.1 Å². The summed E-state index contributed by atoms with van der Waals surface area (Å²) >= 11 is 0. The van der Waals surface area contributed by atoms with Crippen LogP contribution in [-0.4, -0.2) is 39.6 Å². The Bertz CT molecular complexity index is 1890. The van der Waals surface area contributed by atoms with E-state index in [1.807, 2.05) is 13.8 Å². The van der Waals surface area contributed by atoms with E-state index in [0.717, 1.165) is 23.8 Å². The Kier molecular flexibility index (Phi) is 12.0. The second-order valence-electron chi connectivity index (χ2n) is 9.47. The normalized spacial score (nSPS) is 12.3. The van der Waals surface area contributed by atoms with Crippen molar-refractivity contribution >= 4 is 48.5 Å². The number of ether oxygens (including phenoxy) is 1. The van der Waals surface area contributed by atoms with E-state index >= 15 is 0 Å². The molecule has 0 saturated heterocycles. The van der Waals surface area contributed by atoms with Gasteiger partial charge in [0.15, 0.2) is 0 Å². The summed E-state index contributed by atoms with van der Waals surface area (Å²) in [6.45, 7) is 3.92. The standard InChI is InChI=1S/C29H28N5O8S2.Li/c1-3-24(35)19-42-29-16-13-23(17-20(29)2)32-31-22-11-9-21(10-12-22)30-27-15-14-26(18-28(27)34(36)37)44(40,41)33-43(38,39)25-7-5-4-6-8-25;/h4-18,24,30,35H,3,19H2,1-2H3;/q-1;+1. The van der Waals surface area contributed by atoms with Crippen molar-refractivity contribution in [2.45, 2.75) is 36.2 Å². The maximum Gasteiger partial charge on any atom is 1.00 e. The van der Waals surface area contributed by atoms with Gasteiger partial charge in [-0.1, -0.05) is 25.1 Å². The molecule has 230 valence electrons. The minimum absolute atomic E-state index is 0. The van der Waals surface area contributed by atoms with E-state index in [-0.39, 0.29) is 36.1 Å². The minimum Gasteiger partial charge on any atom is -0.491 e. The molecule has 4 aromatic carbocycles. The first-order chi connectivity index (χ1) is 20.9. The number of nitro benzene ring substituents is 1. The van der Waals surface area contributed by atoms with Crippen LogP contribution >= 0.6 is 0 Å². The fourth-order valence-corrected chi connectivity index (χ4v) is 6.50. The summed E-state index contributed by atoms with van der Waals surface area (Å²) in [6, 6.07) is 21.4. The molecule has 0 spiro atoms. The molecule has 0 bridgehead atoms. The summed E-state index contributed by atoms with van der Waals surface area (Å²) in [5, 5.41) is 32.7. The van der Waals surface area contributed by atoms with Crippen LogP contribution in [0, 0.1) is 17.0 Å². The van der Waals surface area contributed by atoms with Crippen molar-refractivity contribution in [3.63, 3.8) is 0 Å². The van der Waals surface area contributed by atoms with E-state index in [0.29, 0.717) is 29.2 Å². The second-order valence-corrected chi connectivity index (χ2v) is 12.9. The fraction of sp³-hybridized carbons (Fsp3) is 0.172. The number of anilines is 2. The Balaban J connectivity index is 0.00000552. The molecule has 1 atom stereocenters. The first kappa shape index (κ1) is 35.4. The van der Waals surface area contributed by atoms with Crippen molar-refractivity contribution in [2.75, 3.05) is 11.9 Å². The predicted molar refractivity (Wildman–Crippen MR) is 164 cm³/mol. The van der Waals surface area contributed by atoms with Gasteiger partial charge in [0, 0.05) is 16.6 Å². The predicted octanol–water partition coefficient (Wildman–Crippen LogP) is 3.67. The molecule has 16 heteroatoms. The van der Waals surface area contributed by atoms with Gasteiger partial charge in [-0.15, -0.1) is 0 Å². The molecule has 13 nitrogen and oxygen atoms in total. The van der Waals surface area contributed by atoms with Crippen LogP contribution in [0.25, 0.3) is 4.13 Å². The molecule has 0 saturated carbocycles. The second kappa shape index (κ2) is 15.3. The summed E-state index contributed by atoms with van der Waals surface area (Å²) in [6.07, 6.45) is 0.0493. The van der Waals surface area contributed by atoms with Crippen LogP contribution in [0.4, 0.5) is 28.4 Å². The summed E-state index contributed by atoms with van der Waals surface area (Å²) in [7, 11) is -9.37. The summed E-state index contributed by atoms with van der Waals surface area (Å²) in [4.78, 5) is 9.99. The molecule has 0 radical (unpaired) electrons. The van der Waals surface area contributed by atoms with Gasteiger partial charge in [0.25, 0.3) is 5.69 Å². The van der Waals surface area contributed by atoms with Gasteiger partial charge in [0.05, 0.1) is 27.3 Å². The number of nitro groups is 1. The Morgan fingerprint density at radius 2 is 1.51 bits per heavy atom. The number of rotatable bonds is 13. The number of aryl methyl sites for hydroxylation is 1. The zero-order valence-corrected chi connectivity index (χ0v) is 26.2. The topological polar surface area (TPSA) is 192 Å². The van der Waals surface area contributed by atoms with E-state index in [9.17, 15) is 32.1 Å². The molecule has 1 unspecified atom stereocenters. The average molecular weight is 646 g/mol. The molecular formula is C29H28LiN5O8S2. The SMILES string of the molecule is CCC(O)COc1ccc(N=Nc2ccc(Nc3ccc(S(=O)(=O)[N-]S(=O)(=O)c4ccccc4)cc3[N+](=O)[O-])cc2)cc1C.[Li+]. The first-order valence-electron chi connectivity index (χ1n) is 13.2. The van der Waals surface area contributed by atoms with Gasteiger partial charge in [-0.05, 0) is 85.6 Å². The number of hydrogen-bond donors (Lipinski definition) is 2. The molecule has 0 heterocycles. The van der Waals surface area contributed by atoms with Crippen molar-refractivity contribution in [2.24, 2.45) is 10.2 Å². The number of nitrogens with one attached hydrogen (secondary N) is 1. The maximum absolute atomic E-state index is 12.7. The maximum atomic E-state index is 12.7. The largest absolute Gasteiger partial charge is 1.00 e. The number of hydrogen-bond acceptors (Lipinski definition) is 11. The Hall–Kier alpha value is -4.10. The molecule has 2 N–H and O–H groups in total. The van der Waals surface area contributed by atoms with Crippen LogP contribution < -0.4 is 28.9 Å². The molecule has 0 aliphatic heterocycles. The van der Waals surface area contributed by atoms with Crippen LogP contribution in [0.3, 0.4) is 0 Å². The average Bonchev–Trinajstić information content (AvgIpc) is 3.00.